The Morgan fingerprint density at radius 1 is 1.30 bits per heavy atom. The van der Waals surface area contributed by atoms with E-state index in [0.29, 0.717) is 44.1 Å². The summed E-state index contributed by atoms with van der Waals surface area (Å²) in [7, 11) is 0. The van der Waals surface area contributed by atoms with Crippen LogP contribution in [0.2, 0.25) is 0 Å². The van der Waals surface area contributed by atoms with Crippen LogP contribution < -0.4 is 0 Å². The van der Waals surface area contributed by atoms with Crippen molar-refractivity contribution in [3.8, 4) is 0 Å². The lowest BCUT2D eigenvalue weighted by Crippen LogP contribution is -2.49. The molecule has 0 bridgehead atoms. The van der Waals surface area contributed by atoms with E-state index in [-0.39, 0.29) is 17.9 Å². The lowest BCUT2D eigenvalue weighted by Gasteiger charge is -2.50. The highest BCUT2D eigenvalue weighted by Gasteiger charge is 2.54. The minimum Gasteiger partial charge on any atom is -0.478 e. The number of alkyl halides is 3. The first-order chi connectivity index (χ1) is 12.6. The number of aryl methyl sites for hydroxylation is 1. The number of fused-ring (bicyclic) bond motifs is 3. The van der Waals surface area contributed by atoms with Gasteiger partial charge in [0.05, 0.1) is 17.6 Å². The molecule has 0 spiro atoms. The zero-order valence-electron chi connectivity index (χ0n) is 15.6. The normalized spacial score (nSPS) is 30.9. The summed E-state index contributed by atoms with van der Waals surface area (Å²) < 4.78 is 40.9. The first-order valence-electron chi connectivity index (χ1n) is 9.74. The Balaban J connectivity index is 2.09. The smallest absolute Gasteiger partial charge is 0.389 e. The molecule has 1 saturated carbocycles. The predicted octanol–water partition coefficient (Wildman–Crippen LogP) is 5.24. The van der Waals surface area contributed by atoms with Crippen molar-refractivity contribution in [3.05, 3.63) is 34.9 Å². The zero-order chi connectivity index (χ0) is 19.9. The van der Waals surface area contributed by atoms with Crippen LogP contribution in [0.4, 0.5) is 13.2 Å². The fourth-order valence-corrected chi connectivity index (χ4v) is 5.49. The monoisotopic (exact) mass is 384 g/mol. The van der Waals surface area contributed by atoms with Gasteiger partial charge < -0.3 is 10.2 Å². The predicted molar refractivity (Wildman–Crippen MR) is 95.9 cm³/mol. The van der Waals surface area contributed by atoms with Crippen molar-refractivity contribution in [1.29, 1.82) is 0 Å². The number of aromatic carboxylic acids is 1. The third-order valence-corrected chi connectivity index (χ3v) is 6.56. The second-order valence-electron chi connectivity index (χ2n) is 8.39. The minimum atomic E-state index is -4.31. The zero-order valence-corrected chi connectivity index (χ0v) is 15.6. The number of hydrogen-bond donors (Lipinski definition) is 2. The van der Waals surface area contributed by atoms with Crippen molar-refractivity contribution in [2.24, 2.45) is 5.92 Å². The van der Waals surface area contributed by atoms with Crippen LogP contribution in [0.25, 0.3) is 0 Å². The molecule has 0 aromatic heterocycles. The summed E-state index contributed by atoms with van der Waals surface area (Å²) >= 11 is 0. The van der Waals surface area contributed by atoms with E-state index in [2.05, 4.69) is 0 Å². The van der Waals surface area contributed by atoms with Gasteiger partial charge >= 0.3 is 12.1 Å². The Labute approximate surface area is 157 Å². The van der Waals surface area contributed by atoms with Crippen LogP contribution in [0, 0.1) is 5.92 Å². The van der Waals surface area contributed by atoms with Crippen molar-refractivity contribution in [2.45, 2.75) is 81.9 Å². The fraction of sp³-hybridized carbons (Fsp3) is 0.667. The van der Waals surface area contributed by atoms with Gasteiger partial charge in [-0.1, -0.05) is 19.4 Å². The van der Waals surface area contributed by atoms with E-state index in [1.807, 2.05) is 6.92 Å². The minimum absolute atomic E-state index is 0.118. The average Bonchev–Trinajstić information content (AvgIpc) is 2.70. The van der Waals surface area contributed by atoms with Gasteiger partial charge in [-0.3, -0.25) is 0 Å². The first-order valence-corrected chi connectivity index (χ1v) is 9.74. The van der Waals surface area contributed by atoms with Crippen LogP contribution in [0.5, 0.6) is 0 Å². The number of carbonyl (C=O) groups is 1. The van der Waals surface area contributed by atoms with E-state index >= 15 is 0 Å². The summed E-state index contributed by atoms with van der Waals surface area (Å²) in [4.78, 5) is 11.3. The van der Waals surface area contributed by atoms with Gasteiger partial charge in [-0.25, -0.2) is 4.79 Å². The van der Waals surface area contributed by atoms with Gasteiger partial charge in [-0.2, -0.15) is 13.2 Å². The first kappa shape index (κ1) is 20.2. The van der Waals surface area contributed by atoms with Crippen LogP contribution in [0.15, 0.2) is 18.2 Å². The van der Waals surface area contributed by atoms with Crippen molar-refractivity contribution in [3.63, 3.8) is 0 Å². The summed E-state index contributed by atoms with van der Waals surface area (Å²) in [5, 5.41) is 20.2. The Morgan fingerprint density at radius 2 is 2.04 bits per heavy atom. The molecular weight excluding hydrogens is 357 g/mol. The molecule has 0 aliphatic heterocycles. The second kappa shape index (κ2) is 7.12. The van der Waals surface area contributed by atoms with Gasteiger partial charge in [0.2, 0.25) is 0 Å². The topological polar surface area (TPSA) is 57.5 Å². The fourth-order valence-electron chi connectivity index (χ4n) is 5.49. The molecule has 150 valence electrons. The third-order valence-electron chi connectivity index (χ3n) is 6.56. The van der Waals surface area contributed by atoms with E-state index < -0.39 is 29.6 Å². The maximum Gasteiger partial charge on any atom is 0.389 e. The number of hydrogen-bond acceptors (Lipinski definition) is 2. The van der Waals surface area contributed by atoms with Crippen molar-refractivity contribution >= 4 is 5.97 Å². The van der Waals surface area contributed by atoms with Crippen LogP contribution in [-0.2, 0) is 11.8 Å². The van der Waals surface area contributed by atoms with Gasteiger partial charge in [0, 0.05) is 5.41 Å². The standard InChI is InChI=1S/C21H27F3O3/c1-2-8-19(27)9-10-20(13-21(22,23)24)16(12-19)5-3-4-14-11-15(18(25)26)6-7-17(14)20/h6-7,11,16,27H,2-5,8-10,12-13H2,1H3,(H,25,26)/t16-,19+,20-/m1/s1. The SMILES string of the molecule is CCC[C@]1(O)CC[C@]2(CC(F)(F)F)c3ccc(C(=O)O)cc3CCC[C@@H]2C1. The molecule has 0 saturated heterocycles. The van der Waals surface area contributed by atoms with Crippen LogP contribution in [-0.4, -0.2) is 28.0 Å². The van der Waals surface area contributed by atoms with Crippen LogP contribution in [0.1, 0.15) is 79.8 Å². The molecule has 2 N–H and O–H groups in total. The number of rotatable bonds is 4. The lowest BCUT2D eigenvalue weighted by atomic mass is 9.56. The van der Waals surface area contributed by atoms with E-state index in [1.165, 1.54) is 6.07 Å². The highest BCUT2D eigenvalue weighted by atomic mass is 19.4. The Bertz CT molecular complexity index is 715. The molecule has 2 aliphatic carbocycles. The summed E-state index contributed by atoms with van der Waals surface area (Å²) in [5.41, 5.74) is -0.470. The molecule has 0 radical (unpaired) electrons. The lowest BCUT2D eigenvalue weighted by molar-refractivity contribution is -0.166. The van der Waals surface area contributed by atoms with Crippen molar-refractivity contribution < 1.29 is 28.2 Å². The summed E-state index contributed by atoms with van der Waals surface area (Å²) in [6.07, 6.45) is -0.875. The molecule has 1 aromatic carbocycles. The van der Waals surface area contributed by atoms with Crippen LogP contribution in [0.3, 0.4) is 0 Å². The molecule has 0 heterocycles. The summed E-state index contributed by atoms with van der Waals surface area (Å²) in [6, 6.07) is 4.58. The average molecular weight is 384 g/mol. The maximum absolute atomic E-state index is 13.6. The Hall–Kier alpha value is -1.56. The summed E-state index contributed by atoms with van der Waals surface area (Å²) in [5.74, 6) is -1.31. The van der Waals surface area contributed by atoms with Crippen molar-refractivity contribution in [1.82, 2.24) is 0 Å². The number of halogens is 3. The molecule has 6 heteroatoms. The van der Waals surface area contributed by atoms with E-state index in [9.17, 15) is 28.2 Å². The quantitative estimate of drug-likeness (QED) is 0.746. The van der Waals surface area contributed by atoms with Gasteiger partial charge in [0.15, 0.2) is 0 Å². The molecule has 0 amide bonds. The summed E-state index contributed by atoms with van der Waals surface area (Å²) in [6.45, 7) is 1.98. The van der Waals surface area contributed by atoms with Gasteiger partial charge in [0.1, 0.15) is 0 Å². The van der Waals surface area contributed by atoms with Gasteiger partial charge in [-0.05, 0) is 74.1 Å². The van der Waals surface area contributed by atoms with E-state index in [1.54, 1.807) is 12.1 Å². The molecular formula is C21H27F3O3. The van der Waals surface area contributed by atoms with E-state index in [0.717, 1.165) is 12.0 Å². The number of carboxylic acid groups (broad SMARTS) is 1. The molecule has 3 rings (SSSR count). The van der Waals surface area contributed by atoms with Gasteiger partial charge in [-0.15, -0.1) is 0 Å². The molecule has 2 aliphatic rings. The Kier molecular flexibility index (Phi) is 5.32. The molecule has 3 atom stereocenters. The molecule has 27 heavy (non-hydrogen) atoms. The number of carboxylic acids is 1. The highest BCUT2D eigenvalue weighted by molar-refractivity contribution is 5.88. The van der Waals surface area contributed by atoms with Crippen molar-refractivity contribution in [2.75, 3.05) is 0 Å². The van der Waals surface area contributed by atoms with Gasteiger partial charge in [0.25, 0.3) is 0 Å². The second-order valence-corrected chi connectivity index (χ2v) is 8.39. The highest BCUT2D eigenvalue weighted by Crippen LogP contribution is 2.56. The van der Waals surface area contributed by atoms with E-state index in [4.69, 9.17) is 0 Å². The van der Waals surface area contributed by atoms with Crippen LogP contribution >= 0.6 is 0 Å². The Morgan fingerprint density at radius 3 is 2.67 bits per heavy atom. The number of benzene rings is 1. The third kappa shape index (κ3) is 4.00. The molecule has 1 fully saturated rings. The molecule has 1 aromatic rings. The molecule has 3 nitrogen and oxygen atoms in total. The maximum atomic E-state index is 13.6. The largest absolute Gasteiger partial charge is 0.478 e. The molecule has 0 unspecified atom stereocenters. The number of aliphatic hydroxyl groups is 1.